The van der Waals surface area contributed by atoms with E-state index in [4.69, 9.17) is 10.8 Å². The standard InChI is InChI=1S/C10H14FNOS/c1-7(13)4-5-14-10-3-2-8(11)6-9(10)12/h2-3,6-7,13H,4-5,12H2,1H3. The molecule has 1 aromatic carbocycles. The van der Waals surface area contributed by atoms with Crippen molar-refractivity contribution in [1.29, 1.82) is 0 Å². The number of hydrogen-bond acceptors (Lipinski definition) is 3. The van der Waals surface area contributed by atoms with Crippen molar-refractivity contribution in [2.75, 3.05) is 11.5 Å². The van der Waals surface area contributed by atoms with E-state index < -0.39 is 0 Å². The van der Waals surface area contributed by atoms with Gasteiger partial charge in [0.25, 0.3) is 0 Å². The summed E-state index contributed by atoms with van der Waals surface area (Å²) < 4.78 is 12.7. The molecule has 0 saturated carbocycles. The van der Waals surface area contributed by atoms with Crippen LogP contribution in [0.5, 0.6) is 0 Å². The minimum atomic E-state index is -0.317. The predicted octanol–water partition coefficient (Wildman–Crippen LogP) is 2.27. The fourth-order valence-electron chi connectivity index (χ4n) is 0.990. The second-order valence-electron chi connectivity index (χ2n) is 3.17. The average Bonchev–Trinajstić information content (AvgIpc) is 2.08. The Morgan fingerprint density at radius 2 is 2.29 bits per heavy atom. The number of anilines is 1. The molecule has 4 heteroatoms. The van der Waals surface area contributed by atoms with Crippen LogP contribution >= 0.6 is 11.8 Å². The molecule has 2 nitrogen and oxygen atoms in total. The van der Waals surface area contributed by atoms with E-state index in [0.29, 0.717) is 12.1 Å². The number of rotatable bonds is 4. The van der Waals surface area contributed by atoms with Gasteiger partial charge in [-0.05, 0) is 31.5 Å². The van der Waals surface area contributed by atoms with Gasteiger partial charge in [-0.15, -0.1) is 11.8 Å². The molecule has 0 heterocycles. The molecule has 0 fully saturated rings. The fraction of sp³-hybridized carbons (Fsp3) is 0.400. The monoisotopic (exact) mass is 215 g/mol. The van der Waals surface area contributed by atoms with Gasteiger partial charge in [0.15, 0.2) is 0 Å². The number of aliphatic hydroxyl groups excluding tert-OH is 1. The van der Waals surface area contributed by atoms with E-state index in [9.17, 15) is 4.39 Å². The molecule has 0 aliphatic carbocycles. The molecule has 0 aromatic heterocycles. The number of benzene rings is 1. The molecule has 0 aliphatic rings. The number of nitrogen functional groups attached to an aromatic ring is 1. The van der Waals surface area contributed by atoms with Crippen molar-refractivity contribution in [2.24, 2.45) is 0 Å². The normalized spacial score (nSPS) is 12.8. The lowest BCUT2D eigenvalue weighted by molar-refractivity contribution is 0.192. The average molecular weight is 215 g/mol. The van der Waals surface area contributed by atoms with E-state index in [0.717, 1.165) is 10.6 Å². The third-order valence-corrected chi connectivity index (χ3v) is 2.89. The third-order valence-electron chi connectivity index (χ3n) is 1.77. The number of thioether (sulfide) groups is 1. The Labute approximate surface area is 87.3 Å². The highest BCUT2D eigenvalue weighted by Crippen LogP contribution is 2.26. The van der Waals surface area contributed by atoms with Gasteiger partial charge in [-0.3, -0.25) is 0 Å². The van der Waals surface area contributed by atoms with Crippen LogP contribution in [0.4, 0.5) is 10.1 Å². The molecule has 0 spiro atoms. The summed E-state index contributed by atoms with van der Waals surface area (Å²) in [4.78, 5) is 0.868. The van der Waals surface area contributed by atoms with Crippen LogP contribution in [-0.2, 0) is 0 Å². The Bertz CT molecular complexity index is 304. The molecule has 1 unspecified atom stereocenters. The maximum absolute atomic E-state index is 12.7. The first kappa shape index (κ1) is 11.3. The molecule has 0 bridgehead atoms. The van der Waals surface area contributed by atoms with Crippen molar-refractivity contribution in [2.45, 2.75) is 24.3 Å². The Hall–Kier alpha value is -0.740. The summed E-state index contributed by atoms with van der Waals surface area (Å²) in [5.74, 6) is 0.468. The topological polar surface area (TPSA) is 46.2 Å². The Morgan fingerprint density at radius 3 is 2.86 bits per heavy atom. The van der Waals surface area contributed by atoms with Crippen LogP contribution in [0.1, 0.15) is 13.3 Å². The molecule has 1 rings (SSSR count). The molecule has 0 amide bonds. The van der Waals surface area contributed by atoms with E-state index in [1.165, 1.54) is 23.9 Å². The maximum Gasteiger partial charge on any atom is 0.125 e. The van der Waals surface area contributed by atoms with Gasteiger partial charge in [-0.2, -0.15) is 0 Å². The molecule has 3 N–H and O–H groups in total. The van der Waals surface area contributed by atoms with Gasteiger partial charge in [0.2, 0.25) is 0 Å². The molecule has 14 heavy (non-hydrogen) atoms. The van der Waals surface area contributed by atoms with Crippen LogP contribution in [-0.4, -0.2) is 17.0 Å². The van der Waals surface area contributed by atoms with Crippen molar-refractivity contribution < 1.29 is 9.50 Å². The quantitative estimate of drug-likeness (QED) is 0.598. The second kappa shape index (κ2) is 5.22. The number of aliphatic hydroxyl groups is 1. The molecule has 0 radical (unpaired) electrons. The van der Waals surface area contributed by atoms with Gasteiger partial charge in [0.1, 0.15) is 5.82 Å². The largest absolute Gasteiger partial charge is 0.398 e. The maximum atomic E-state index is 12.7. The predicted molar refractivity (Wildman–Crippen MR) is 57.8 cm³/mol. The fourth-order valence-corrected chi connectivity index (χ4v) is 2.06. The zero-order chi connectivity index (χ0) is 10.6. The summed E-state index contributed by atoms with van der Waals surface area (Å²) in [7, 11) is 0. The Morgan fingerprint density at radius 1 is 1.57 bits per heavy atom. The minimum Gasteiger partial charge on any atom is -0.398 e. The van der Waals surface area contributed by atoms with E-state index in [2.05, 4.69) is 0 Å². The lowest BCUT2D eigenvalue weighted by Crippen LogP contribution is -2.00. The van der Waals surface area contributed by atoms with E-state index >= 15 is 0 Å². The van der Waals surface area contributed by atoms with Crippen molar-refractivity contribution in [3.63, 3.8) is 0 Å². The SMILES string of the molecule is CC(O)CCSc1ccc(F)cc1N. The zero-order valence-electron chi connectivity index (χ0n) is 8.03. The van der Waals surface area contributed by atoms with Gasteiger partial charge in [0.05, 0.1) is 6.10 Å². The van der Waals surface area contributed by atoms with Gasteiger partial charge < -0.3 is 10.8 Å². The Kier molecular flexibility index (Phi) is 4.22. The van der Waals surface area contributed by atoms with E-state index in [1.807, 2.05) is 0 Å². The Balaban J connectivity index is 2.51. The zero-order valence-corrected chi connectivity index (χ0v) is 8.85. The van der Waals surface area contributed by atoms with Crippen molar-refractivity contribution >= 4 is 17.4 Å². The van der Waals surface area contributed by atoms with Crippen molar-refractivity contribution in [1.82, 2.24) is 0 Å². The van der Waals surface area contributed by atoms with E-state index in [1.54, 1.807) is 13.0 Å². The highest BCUT2D eigenvalue weighted by atomic mass is 32.2. The van der Waals surface area contributed by atoms with Crippen molar-refractivity contribution in [3.8, 4) is 0 Å². The molecule has 0 aliphatic heterocycles. The summed E-state index contributed by atoms with van der Waals surface area (Å²) in [6.07, 6.45) is 0.408. The molecule has 78 valence electrons. The van der Waals surface area contributed by atoms with Gasteiger partial charge in [-0.1, -0.05) is 0 Å². The van der Waals surface area contributed by atoms with Crippen LogP contribution in [0.15, 0.2) is 23.1 Å². The number of halogens is 1. The van der Waals surface area contributed by atoms with Gasteiger partial charge in [-0.25, -0.2) is 4.39 Å². The molecule has 1 atom stereocenters. The second-order valence-corrected chi connectivity index (χ2v) is 4.31. The number of hydrogen-bond donors (Lipinski definition) is 2. The van der Waals surface area contributed by atoms with Gasteiger partial charge in [0, 0.05) is 16.3 Å². The smallest absolute Gasteiger partial charge is 0.125 e. The van der Waals surface area contributed by atoms with Gasteiger partial charge >= 0.3 is 0 Å². The lowest BCUT2D eigenvalue weighted by Gasteiger charge is -2.06. The van der Waals surface area contributed by atoms with Crippen LogP contribution < -0.4 is 5.73 Å². The van der Waals surface area contributed by atoms with E-state index in [-0.39, 0.29) is 11.9 Å². The summed E-state index contributed by atoms with van der Waals surface area (Å²) in [5.41, 5.74) is 6.07. The van der Waals surface area contributed by atoms with Crippen LogP contribution in [0.3, 0.4) is 0 Å². The van der Waals surface area contributed by atoms with Crippen LogP contribution in [0.25, 0.3) is 0 Å². The summed E-state index contributed by atoms with van der Waals surface area (Å²) >= 11 is 1.53. The minimum absolute atomic E-state index is 0.302. The highest BCUT2D eigenvalue weighted by molar-refractivity contribution is 7.99. The third kappa shape index (κ3) is 3.55. The first-order chi connectivity index (χ1) is 6.59. The first-order valence-corrected chi connectivity index (χ1v) is 5.44. The molecular formula is C10H14FNOS. The molecular weight excluding hydrogens is 201 g/mol. The first-order valence-electron chi connectivity index (χ1n) is 4.45. The summed E-state index contributed by atoms with van der Waals surface area (Å²) in [6.45, 7) is 1.74. The highest BCUT2D eigenvalue weighted by Gasteiger charge is 2.02. The van der Waals surface area contributed by atoms with Crippen molar-refractivity contribution in [3.05, 3.63) is 24.0 Å². The summed E-state index contributed by atoms with van der Waals surface area (Å²) in [6, 6.07) is 4.36. The molecule has 1 aromatic rings. The summed E-state index contributed by atoms with van der Waals surface area (Å²) in [5, 5.41) is 9.04. The molecule has 0 saturated heterocycles. The lowest BCUT2D eigenvalue weighted by atomic mass is 10.3. The van der Waals surface area contributed by atoms with Crippen LogP contribution in [0, 0.1) is 5.82 Å². The number of nitrogens with two attached hydrogens (primary N) is 1. The van der Waals surface area contributed by atoms with Crippen LogP contribution in [0.2, 0.25) is 0 Å².